The molecule has 1 aliphatic rings. The molecule has 3 aromatic carbocycles. The van der Waals surface area contributed by atoms with E-state index in [9.17, 15) is 9.59 Å². The van der Waals surface area contributed by atoms with Crippen molar-refractivity contribution in [3.63, 3.8) is 0 Å². The number of carbonyl (C=O) groups excluding carboxylic acids is 2. The van der Waals surface area contributed by atoms with Crippen molar-refractivity contribution in [3.8, 4) is 22.7 Å². The number of aromatic nitrogens is 2. The summed E-state index contributed by atoms with van der Waals surface area (Å²) in [6.07, 6.45) is 1.84. The average Bonchev–Trinajstić information content (AvgIpc) is 3.38. The zero-order valence-corrected chi connectivity index (χ0v) is 20.5. The van der Waals surface area contributed by atoms with Crippen molar-refractivity contribution in [2.75, 3.05) is 7.11 Å². The second kappa shape index (κ2) is 10.4. The van der Waals surface area contributed by atoms with Gasteiger partial charge in [-0.05, 0) is 48.9 Å². The zero-order chi connectivity index (χ0) is 25.8. The number of amides is 2. The first kappa shape index (κ1) is 23.9. The topological polar surface area (TPSA) is 94.5 Å². The Bertz CT molecular complexity index is 1440. The molecule has 0 bridgehead atoms. The molecule has 1 atom stereocenters. The van der Waals surface area contributed by atoms with E-state index in [1.54, 1.807) is 18.7 Å². The highest BCUT2D eigenvalue weighted by Crippen LogP contribution is 2.35. The second-order valence-corrected chi connectivity index (χ2v) is 8.57. The lowest BCUT2D eigenvalue weighted by Crippen LogP contribution is -2.45. The van der Waals surface area contributed by atoms with Crippen molar-refractivity contribution in [2.24, 2.45) is 0 Å². The average molecular weight is 495 g/mol. The van der Waals surface area contributed by atoms with E-state index in [0.29, 0.717) is 28.3 Å². The maximum atomic E-state index is 13.4. The largest absolute Gasteiger partial charge is 0.497 e. The van der Waals surface area contributed by atoms with Gasteiger partial charge in [0.1, 0.15) is 12.4 Å². The highest BCUT2D eigenvalue weighted by molar-refractivity contribution is 5.95. The van der Waals surface area contributed by atoms with Crippen molar-refractivity contribution in [2.45, 2.75) is 19.6 Å². The molecule has 1 unspecified atom stereocenters. The lowest BCUT2D eigenvalue weighted by Gasteiger charge is -2.28. The van der Waals surface area contributed by atoms with Gasteiger partial charge in [0.05, 0.1) is 30.1 Å². The van der Waals surface area contributed by atoms with Crippen molar-refractivity contribution in [1.82, 2.24) is 20.4 Å². The van der Waals surface area contributed by atoms with E-state index in [1.165, 1.54) is 0 Å². The van der Waals surface area contributed by atoms with E-state index in [2.05, 4.69) is 10.6 Å². The number of nitrogens with one attached hydrogen (secondary N) is 2. The first-order valence-electron chi connectivity index (χ1n) is 11.8. The standard InChI is InChI=1S/C29H26N4O4/c1-19-25(28(34)37-18-20-9-5-3-6-10-20)27(31-29(35)30-19)24-17-33(22-11-7-4-8-12-22)32-26(24)21-13-15-23(36-2)16-14-21/h3-17,27H,18H2,1-2H3,(H2,30,31,35). The summed E-state index contributed by atoms with van der Waals surface area (Å²) in [4.78, 5) is 25.9. The third-order valence-corrected chi connectivity index (χ3v) is 6.14. The van der Waals surface area contributed by atoms with Crippen LogP contribution in [0.5, 0.6) is 5.75 Å². The quantitative estimate of drug-likeness (QED) is 0.356. The van der Waals surface area contributed by atoms with E-state index in [4.69, 9.17) is 14.6 Å². The Labute approximate surface area is 214 Å². The monoisotopic (exact) mass is 494 g/mol. The minimum atomic E-state index is -0.772. The van der Waals surface area contributed by atoms with Crippen LogP contribution in [-0.4, -0.2) is 28.9 Å². The zero-order valence-electron chi connectivity index (χ0n) is 20.5. The molecule has 1 aliphatic heterocycles. The number of hydrogen-bond donors (Lipinski definition) is 2. The van der Waals surface area contributed by atoms with Gasteiger partial charge in [-0.1, -0.05) is 48.5 Å². The Morgan fingerprint density at radius 1 is 0.973 bits per heavy atom. The number of rotatable bonds is 7. The summed E-state index contributed by atoms with van der Waals surface area (Å²) in [5, 5.41) is 10.5. The van der Waals surface area contributed by atoms with Crippen LogP contribution < -0.4 is 15.4 Å². The number of benzene rings is 3. The molecule has 2 N–H and O–H groups in total. The van der Waals surface area contributed by atoms with Crippen molar-refractivity contribution in [1.29, 1.82) is 0 Å². The number of para-hydroxylation sites is 1. The number of nitrogens with zero attached hydrogens (tertiary/aromatic N) is 2. The van der Waals surface area contributed by atoms with Gasteiger partial charge in [-0.3, -0.25) is 0 Å². The SMILES string of the molecule is COc1ccc(-c2nn(-c3ccccc3)cc2C2NC(=O)NC(C)=C2C(=O)OCc2ccccc2)cc1. The fraction of sp³-hybridized carbons (Fsp3) is 0.138. The number of allylic oxidation sites excluding steroid dienone is 1. The fourth-order valence-electron chi connectivity index (χ4n) is 4.28. The van der Waals surface area contributed by atoms with E-state index in [1.807, 2.05) is 91.1 Å². The maximum Gasteiger partial charge on any atom is 0.338 e. The van der Waals surface area contributed by atoms with Crippen LogP contribution in [0.1, 0.15) is 24.1 Å². The summed E-state index contributed by atoms with van der Waals surface area (Å²) in [5.74, 6) is 0.191. The first-order valence-corrected chi connectivity index (χ1v) is 11.8. The Balaban J connectivity index is 1.57. The highest BCUT2D eigenvalue weighted by Gasteiger charge is 2.35. The van der Waals surface area contributed by atoms with Crippen molar-refractivity contribution < 1.29 is 19.1 Å². The van der Waals surface area contributed by atoms with Crippen LogP contribution in [0.15, 0.2) is 102 Å². The number of urea groups is 1. The molecule has 8 heteroatoms. The molecule has 2 amide bonds. The number of methoxy groups -OCH3 is 1. The molecule has 0 aliphatic carbocycles. The molecule has 0 fully saturated rings. The fourth-order valence-corrected chi connectivity index (χ4v) is 4.28. The van der Waals surface area contributed by atoms with Crippen LogP contribution in [0, 0.1) is 0 Å². The highest BCUT2D eigenvalue weighted by atomic mass is 16.5. The second-order valence-electron chi connectivity index (χ2n) is 8.57. The number of esters is 1. The predicted molar refractivity (Wildman–Crippen MR) is 139 cm³/mol. The van der Waals surface area contributed by atoms with Crippen LogP contribution >= 0.6 is 0 Å². The molecule has 0 radical (unpaired) electrons. The molecular formula is C29H26N4O4. The lowest BCUT2D eigenvalue weighted by molar-refractivity contribution is -0.140. The van der Waals surface area contributed by atoms with Crippen LogP contribution in [0.3, 0.4) is 0 Å². The summed E-state index contributed by atoms with van der Waals surface area (Å²) in [5.41, 5.74) is 4.56. The molecule has 186 valence electrons. The smallest absolute Gasteiger partial charge is 0.338 e. The van der Waals surface area contributed by atoms with Gasteiger partial charge in [-0.2, -0.15) is 5.10 Å². The molecule has 8 nitrogen and oxygen atoms in total. The van der Waals surface area contributed by atoms with Gasteiger partial charge in [0, 0.05) is 23.0 Å². The van der Waals surface area contributed by atoms with Crippen LogP contribution in [0.25, 0.3) is 16.9 Å². The molecular weight excluding hydrogens is 468 g/mol. The molecule has 5 rings (SSSR count). The van der Waals surface area contributed by atoms with Gasteiger partial charge in [0.2, 0.25) is 0 Å². The number of carbonyl (C=O) groups is 2. The minimum absolute atomic E-state index is 0.117. The normalized spacial score (nSPS) is 15.1. The minimum Gasteiger partial charge on any atom is -0.497 e. The number of hydrogen-bond acceptors (Lipinski definition) is 5. The summed E-state index contributed by atoms with van der Waals surface area (Å²) in [6, 6.07) is 25.4. The summed E-state index contributed by atoms with van der Waals surface area (Å²) in [6.45, 7) is 1.81. The lowest BCUT2D eigenvalue weighted by atomic mass is 9.93. The third kappa shape index (κ3) is 5.08. The molecule has 37 heavy (non-hydrogen) atoms. The predicted octanol–water partition coefficient (Wildman–Crippen LogP) is 4.92. The van der Waals surface area contributed by atoms with E-state index in [-0.39, 0.29) is 6.61 Å². The Morgan fingerprint density at radius 3 is 2.32 bits per heavy atom. The molecule has 4 aromatic rings. The van der Waals surface area contributed by atoms with Gasteiger partial charge in [-0.25, -0.2) is 14.3 Å². The molecule has 1 aromatic heterocycles. The third-order valence-electron chi connectivity index (χ3n) is 6.14. The van der Waals surface area contributed by atoms with Gasteiger partial charge in [0.25, 0.3) is 0 Å². The van der Waals surface area contributed by atoms with E-state index >= 15 is 0 Å². The molecule has 0 saturated heterocycles. The van der Waals surface area contributed by atoms with Crippen LogP contribution in [0.4, 0.5) is 4.79 Å². The van der Waals surface area contributed by atoms with Crippen LogP contribution in [-0.2, 0) is 16.1 Å². The van der Waals surface area contributed by atoms with Crippen LogP contribution in [0.2, 0.25) is 0 Å². The van der Waals surface area contributed by atoms with Gasteiger partial charge >= 0.3 is 12.0 Å². The van der Waals surface area contributed by atoms with Crippen molar-refractivity contribution in [3.05, 3.63) is 114 Å². The first-order chi connectivity index (χ1) is 18.0. The maximum absolute atomic E-state index is 13.4. The summed E-state index contributed by atoms with van der Waals surface area (Å²) >= 11 is 0. The van der Waals surface area contributed by atoms with E-state index < -0.39 is 18.0 Å². The van der Waals surface area contributed by atoms with Crippen molar-refractivity contribution >= 4 is 12.0 Å². The number of ether oxygens (including phenoxy) is 2. The summed E-state index contributed by atoms with van der Waals surface area (Å²) in [7, 11) is 1.61. The molecule has 0 saturated carbocycles. The van der Waals surface area contributed by atoms with E-state index in [0.717, 1.165) is 16.8 Å². The van der Waals surface area contributed by atoms with Gasteiger partial charge in [0.15, 0.2) is 0 Å². The van der Waals surface area contributed by atoms with Gasteiger partial charge < -0.3 is 20.1 Å². The Hall–Kier alpha value is -4.85. The molecule has 0 spiro atoms. The Kier molecular flexibility index (Phi) is 6.72. The Morgan fingerprint density at radius 2 is 1.65 bits per heavy atom. The molecule has 2 heterocycles. The van der Waals surface area contributed by atoms with Gasteiger partial charge in [-0.15, -0.1) is 0 Å². The summed E-state index contributed by atoms with van der Waals surface area (Å²) < 4.78 is 12.7.